The number of amides is 1. The van der Waals surface area contributed by atoms with Gasteiger partial charge in [0.1, 0.15) is 5.82 Å². The molecule has 0 saturated heterocycles. The van der Waals surface area contributed by atoms with Crippen molar-refractivity contribution in [3.63, 3.8) is 0 Å². The topological polar surface area (TPSA) is 51.0 Å². The SMILES string of the molecule is CC(=O)N(c1nc(CSc2nc3ccccc3n2C(F)F)cs1)c1ccccc1F. The summed E-state index contributed by atoms with van der Waals surface area (Å²) < 4.78 is 42.2. The predicted octanol–water partition coefficient (Wildman–Crippen LogP) is 6.00. The number of alkyl halides is 2. The molecule has 0 spiro atoms. The van der Waals surface area contributed by atoms with E-state index in [1.54, 1.807) is 35.7 Å². The van der Waals surface area contributed by atoms with Crippen molar-refractivity contribution in [2.24, 2.45) is 0 Å². The summed E-state index contributed by atoms with van der Waals surface area (Å²) in [6.07, 6.45) is 0. The van der Waals surface area contributed by atoms with E-state index in [9.17, 15) is 18.0 Å². The van der Waals surface area contributed by atoms with Gasteiger partial charge in [-0.15, -0.1) is 11.3 Å². The molecule has 2 heterocycles. The molecule has 4 rings (SSSR count). The second kappa shape index (κ2) is 8.49. The zero-order valence-corrected chi connectivity index (χ0v) is 17.3. The quantitative estimate of drug-likeness (QED) is 0.339. The van der Waals surface area contributed by atoms with E-state index in [1.807, 2.05) is 0 Å². The van der Waals surface area contributed by atoms with Crippen LogP contribution in [0.5, 0.6) is 0 Å². The lowest BCUT2D eigenvalue weighted by atomic mass is 10.3. The number of rotatable bonds is 6. The number of anilines is 2. The third-order valence-electron chi connectivity index (χ3n) is 4.25. The van der Waals surface area contributed by atoms with Crippen LogP contribution in [0.1, 0.15) is 19.2 Å². The number of para-hydroxylation sites is 3. The van der Waals surface area contributed by atoms with Gasteiger partial charge in [-0.25, -0.2) is 14.4 Å². The first-order valence-corrected chi connectivity index (χ1v) is 10.7. The lowest BCUT2D eigenvalue weighted by Gasteiger charge is -2.18. The molecule has 154 valence electrons. The van der Waals surface area contributed by atoms with Crippen molar-refractivity contribution in [2.45, 2.75) is 24.4 Å². The maximum Gasteiger partial charge on any atom is 0.321 e. The number of halogens is 3. The number of thioether (sulfide) groups is 1. The molecule has 0 aliphatic rings. The first-order valence-electron chi connectivity index (χ1n) is 8.83. The Bertz CT molecular complexity index is 1210. The Morgan fingerprint density at radius 1 is 1.17 bits per heavy atom. The van der Waals surface area contributed by atoms with Gasteiger partial charge in [0.05, 0.1) is 22.4 Å². The standard InChI is InChI=1S/C20H15F3N4OS2/c1-12(28)26(16-8-4-2-6-14(16)21)19-24-13(10-29-19)11-30-20-25-15-7-3-5-9-17(15)27(20)18(22)23/h2-10,18H,11H2,1H3. The van der Waals surface area contributed by atoms with Gasteiger partial charge in [-0.05, 0) is 24.3 Å². The monoisotopic (exact) mass is 448 g/mol. The number of nitrogens with zero attached hydrogens (tertiary/aromatic N) is 4. The van der Waals surface area contributed by atoms with Crippen molar-refractivity contribution in [3.05, 3.63) is 65.4 Å². The lowest BCUT2D eigenvalue weighted by molar-refractivity contribution is -0.115. The fraction of sp³-hybridized carbons (Fsp3) is 0.150. The summed E-state index contributed by atoms with van der Waals surface area (Å²) in [5, 5.41) is 2.21. The van der Waals surface area contributed by atoms with Gasteiger partial charge in [0.25, 0.3) is 0 Å². The van der Waals surface area contributed by atoms with E-state index >= 15 is 0 Å². The molecule has 2 aromatic carbocycles. The van der Waals surface area contributed by atoms with Crippen molar-refractivity contribution < 1.29 is 18.0 Å². The van der Waals surface area contributed by atoms with Gasteiger partial charge in [-0.2, -0.15) is 8.78 Å². The van der Waals surface area contributed by atoms with Gasteiger partial charge >= 0.3 is 6.55 Å². The molecule has 4 aromatic rings. The molecule has 0 bridgehead atoms. The first-order chi connectivity index (χ1) is 14.5. The third-order valence-corrected chi connectivity index (χ3v) is 6.11. The molecule has 0 N–H and O–H groups in total. The number of imidazole rings is 1. The average molecular weight is 448 g/mol. The molecule has 0 atom stereocenters. The van der Waals surface area contributed by atoms with E-state index < -0.39 is 12.4 Å². The van der Waals surface area contributed by atoms with Gasteiger partial charge in [0, 0.05) is 18.1 Å². The summed E-state index contributed by atoms with van der Waals surface area (Å²) in [7, 11) is 0. The molecule has 0 radical (unpaired) electrons. The van der Waals surface area contributed by atoms with Crippen molar-refractivity contribution in [1.82, 2.24) is 14.5 Å². The van der Waals surface area contributed by atoms with Crippen molar-refractivity contribution in [1.29, 1.82) is 0 Å². The number of carbonyl (C=O) groups excluding carboxylic acids is 1. The molecular formula is C20H15F3N4OS2. The maximum absolute atomic E-state index is 14.2. The van der Waals surface area contributed by atoms with Crippen LogP contribution in [-0.2, 0) is 10.5 Å². The Labute approximate surface area is 178 Å². The average Bonchev–Trinajstić information content (AvgIpc) is 3.32. The van der Waals surface area contributed by atoms with Crippen LogP contribution in [0.2, 0.25) is 0 Å². The normalized spacial score (nSPS) is 11.4. The summed E-state index contributed by atoms with van der Waals surface area (Å²) in [5.41, 5.74) is 1.53. The van der Waals surface area contributed by atoms with E-state index in [2.05, 4.69) is 9.97 Å². The summed E-state index contributed by atoms with van der Waals surface area (Å²) in [6, 6.07) is 12.6. The van der Waals surface area contributed by atoms with Crippen LogP contribution in [0, 0.1) is 5.82 Å². The Hall–Kier alpha value is -2.85. The number of hydrogen-bond acceptors (Lipinski definition) is 5. The number of carbonyl (C=O) groups is 1. The highest BCUT2D eigenvalue weighted by atomic mass is 32.2. The van der Waals surface area contributed by atoms with Crippen molar-refractivity contribution in [2.75, 3.05) is 4.90 Å². The van der Waals surface area contributed by atoms with E-state index in [4.69, 9.17) is 0 Å². The second-order valence-corrected chi connectivity index (χ2v) is 8.03. The molecular weight excluding hydrogens is 433 g/mol. The maximum atomic E-state index is 14.2. The molecule has 2 aromatic heterocycles. The minimum atomic E-state index is -2.72. The number of hydrogen-bond donors (Lipinski definition) is 0. The van der Waals surface area contributed by atoms with Crippen molar-refractivity contribution >= 4 is 50.9 Å². The number of fused-ring (bicyclic) bond motifs is 1. The lowest BCUT2D eigenvalue weighted by Crippen LogP contribution is -2.23. The smallest absolute Gasteiger partial charge is 0.274 e. The third kappa shape index (κ3) is 3.92. The Balaban J connectivity index is 1.58. The Kier molecular flexibility index (Phi) is 5.78. The summed E-state index contributed by atoms with van der Waals surface area (Å²) in [6.45, 7) is -1.40. The highest BCUT2D eigenvalue weighted by molar-refractivity contribution is 7.98. The molecule has 0 unspecified atom stereocenters. The zero-order chi connectivity index (χ0) is 21.3. The minimum absolute atomic E-state index is 0.109. The van der Waals surface area contributed by atoms with E-state index in [0.29, 0.717) is 21.9 Å². The number of thiazole rings is 1. The van der Waals surface area contributed by atoms with Gasteiger partial charge in [-0.3, -0.25) is 14.3 Å². The number of benzene rings is 2. The van der Waals surface area contributed by atoms with E-state index in [0.717, 1.165) is 16.3 Å². The molecule has 0 aliphatic heterocycles. The summed E-state index contributed by atoms with van der Waals surface area (Å²) in [5.74, 6) is -0.645. The molecule has 5 nitrogen and oxygen atoms in total. The predicted molar refractivity (Wildman–Crippen MR) is 112 cm³/mol. The first kappa shape index (κ1) is 20.4. The van der Waals surface area contributed by atoms with Gasteiger partial charge in [-0.1, -0.05) is 36.0 Å². The molecule has 0 aliphatic carbocycles. The van der Waals surface area contributed by atoms with Crippen LogP contribution >= 0.6 is 23.1 Å². The molecule has 1 amide bonds. The zero-order valence-electron chi connectivity index (χ0n) is 15.6. The van der Waals surface area contributed by atoms with Crippen LogP contribution in [0.4, 0.5) is 24.0 Å². The minimum Gasteiger partial charge on any atom is -0.274 e. The van der Waals surface area contributed by atoms with Crippen LogP contribution < -0.4 is 4.90 Å². The summed E-state index contributed by atoms with van der Waals surface area (Å²) >= 11 is 2.30. The largest absolute Gasteiger partial charge is 0.321 e. The van der Waals surface area contributed by atoms with Crippen LogP contribution in [0.3, 0.4) is 0 Å². The van der Waals surface area contributed by atoms with E-state index in [1.165, 1.54) is 41.4 Å². The fourth-order valence-corrected chi connectivity index (χ4v) is 4.85. The molecule has 0 fully saturated rings. The van der Waals surface area contributed by atoms with Gasteiger partial charge in [0.15, 0.2) is 10.3 Å². The van der Waals surface area contributed by atoms with Crippen LogP contribution in [0.15, 0.2) is 59.1 Å². The van der Waals surface area contributed by atoms with Gasteiger partial charge in [0.2, 0.25) is 5.91 Å². The highest BCUT2D eigenvalue weighted by Gasteiger charge is 2.22. The van der Waals surface area contributed by atoms with E-state index in [-0.39, 0.29) is 22.5 Å². The number of aromatic nitrogens is 3. The molecule has 10 heteroatoms. The van der Waals surface area contributed by atoms with Crippen molar-refractivity contribution in [3.8, 4) is 0 Å². The van der Waals surface area contributed by atoms with Crippen LogP contribution in [-0.4, -0.2) is 20.4 Å². The highest BCUT2D eigenvalue weighted by Crippen LogP contribution is 2.34. The molecule has 0 saturated carbocycles. The fourth-order valence-electron chi connectivity index (χ4n) is 2.96. The molecule has 30 heavy (non-hydrogen) atoms. The van der Waals surface area contributed by atoms with Crippen LogP contribution in [0.25, 0.3) is 11.0 Å². The van der Waals surface area contributed by atoms with Gasteiger partial charge < -0.3 is 0 Å². The Morgan fingerprint density at radius 2 is 1.90 bits per heavy atom. The second-order valence-electron chi connectivity index (χ2n) is 6.25. The Morgan fingerprint density at radius 3 is 2.63 bits per heavy atom. The summed E-state index contributed by atoms with van der Waals surface area (Å²) in [4.78, 5) is 22.0.